The van der Waals surface area contributed by atoms with Crippen LogP contribution >= 0.6 is 0 Å². The number of para-hydroxylation sites is 1. The Bertz CT molecular complexity index is 3960. The molecule has 14 aromatic rings. The molecule has 5 aromatic heterocycles. The Morgan fingerprint density at radius 1 is 0.400 bits per heavy atom. The van der Waals surface area contributed by atoms with Crippen molar-refractivity contribution in [2.45, 2.75) is 0 Å². The van der Waals surface area contributed by atoms with Gasteiger partial charge in [-0.25, -0.2) is 9.97 Å². The first-order chi connectivity index (χ1) is 27.3. The third kappa shape index (κ3) is 3.36. The molecule has 252 valence electrons. The molecule has 0 N–H and O–H groups in total. The fourth-order valence-corrected chi connectivity index (χ4v) is 9.96. The summed E-state index contributed by atoms with van der Waals surface area (Å²) >= 11 is 0. The van der Waals surface area contributed by atoms with Gasteiger partial charge in [0.25, 0.3) is 0 Å². The van der Waals surface area contributed by atoms with Crippen LogP contribution < -0.4 is 0 Å². The van der Waals surface area contributed by atoms with Gasteiger partial charge in [0.15, 0.2) is 5.82 Å². The molecule has 55 heavy (non-hydrogen) atoms. The van der Waals surface area contributed by atoms with Crippen LogP contribution in [-0.4, -0.2) is 18.9 Å². The number of aromatic nitrogens is 4. The van der Waals surface area contributed by atoms with Crippen molar-refractivity contribution in [1.82, 2.24) is 18.9 Å². The Hall–Kier alpha value is -7.50. The molecule has 0 saturated heterocycles. The van der Waals surface area contributed by atoms with Gasteiger partial charge in [0.05, 0.1) is 44.0 Å². The molecule has 0 amide bonds. The first kappa shape index (κ1) is 28.1. The quantitative estimate of drug-likeness (QED) is 0.169. The number of nitrogens with zero attached hydrogens (tertiary/aromatic N) is 4. The maximum atomic E-state index is 6.68. The van der Waals surface area contributed by atoms with Crippen LogP contribution in [0.2, 0.25) is 0 Å². The van der Waals surface area contributed by atoms with Gasteiger partial charge in [-0.2, -0.15) is 0 Å². The van der Waals surface area contributed by atoms with Crippen molar-refractivity contribution in [3.8, 4) is 17.1 Å². The van der Waals surface area contributed by atoms with E-state index in [4.69, 9.17) is 14.4 Å². The first-order valence-electron chi connectivity index (χ1n) is 18.8. The van der Waals surface area contributed by atoms with Gasteiger partial charge in [0, 0.05) is 37.9 Å². The van der Waals surface area contributed by atoms with Crippen molar-refractivity contribution < 1.29 is 4.42 Å². The SMILES string of the molecule is c1ccc2c(c1)ccc1c(-c3nc4ccc5ccccc5c4nc3-n3c4ccc5oc6ccc7c8ccccc8n8c9cccc3c9c4c5c6c78)cccc12. The molecule has 0 aliphatic heterocycles. The third-order valence-corrected chi connectivity index (χ3v) is 12.2. The third-order valence-electron chi connectivity index (χ3n) is 12.2. The van der Waals surface area contributed by atoms with E-state index in [-0.39, 0.29) is 0 Å². The smallest absolute Gasteiger partial charge is 0.165 e. The number of furan rings is 1. The van der Waals surface area contributed by atoms with Crippen LogP contribution in [0.1, 0.15) is 0 Å². The van der Waals surface area contributed by atoms with Crippen LogP contribution in [0.4, 0.5) is 0 Å². The van der Waals surface area contributed by atoms with E-state index in [0.717, 1.165) is 82.8 Å². The Labute approximate surface area is 311 Å². The molecule has 0 aliphatic rings. The summed E-state index contributed by atoms with van der Waals surface area (Å²) in [5.74, 6) is 0.803. The van der Waals surface area contributed by atoms with Gasteiger partial charge in [0.2, 0.25) is 0 Å². The van der Waals surface area contributed by atoms with Gasteiger partial charge >= 0.3 is 0 Å². The van der Waals surface area contributed by atoms with E-state index in [0.29, 0.717) is 0 Å². The molecule has 0 unspecified atom stereocenters. The lowest BCUT2D eigenvalue weighted by molar-refractivity contribution is 0.669. The Balaban J connectivity index is 1.22. The second-order valence-corrected chi connectivity index (χ2v) is 14.9. The van der Waals surface area contributed by atoms with E-state index in [1.807, 2.05) is 0 Å². The van der Waals surface area contributed by atoms with Crippen molar-refractivity contribution in [3.63, 3.8) is 0 Å². The molecule has 0 bridgehead atoms. The molecule has 5 heteroatoms. The summed E-state index contributed by atoms with van der Waals surface area (Å²) in [4.78, 5) is 11.3. The Morgan fingerprint density at radius 2 is 1.07 bits per heavy atom. The van der Waals surface area contributed by atoms with E-state index in [2.05, 4.69) is 167 Å². The number of hydrogen-bond donors (Lipinski definition) is 0. The Morgan fingerprint density at radius 3 is 2.00 bits per heavy atom. The summed E-state index contributed by atoms with van der Waals surface area (Å²) in [5, 5.41) is 14.1. The highest BCUT2D eigenvalue weighted by molar-refractivity contribution is 6.37. The average Bonchev–Trinajstić information content (AvgIpc) is 3.87. The van der Waals surface area contributed by atoms with Crippen LogP contribution in [0.5, 0.6) is 0 Å². The summed E-state index contributed by atoms with van der Waals surface area (Å²) in [7, 11) is 0. The van der Waals surface area contributed by atoms with E-state index in [1.165, 1.54) is 48.7 Å². The van der Waals surface area contributed by atoms with Crippen LogP contribution in [-0.2, 0) is 0 Å². The zero-order valence-electron chi connectivity index (χ0n) is 29.2. The van der Waals surface area contributed by atoms with Gasteiger partial charge in [0.1, 0.15) is 16.9 Å². The number of fused-ring (bicyclic) bond motifs is 10. The highest BCUT2D eigenvalue weighted by Crippen LogP contribution is 2.49. The van der Waals surface area contributed by atoms with Crippen LogP contribution in [0.3, 0.4) is 0 Å². The molecule has 5 nitrogen and oxygen atoms in total. The second-order valence-electron chi connectivity index (χ2n) is 14.9. The lowest BCUT2D eigenvalue weighted by Gasteiger charge is -2.16. The largest absolute Gasteiger partial charge is 0.456 e. The molecule has 14 rings (SSSR count). The maximum absolute atomic E-state index is 6.68. The van der Waals surface area contributed by atoms with Gasteiger partial charge in [-0.15, -0.1) is 0 Å². The predicted octanol–water partition coefficient (Wildman–Crippen LogP) is 13.2. The summed E-state index contributed by atoms with van der Waals surface area (Å²) < 4.78 is 11.5. The normalized spacial score (nSPS) is 12.7. The molecule has 5 heterocycles. The average molecular weight is 699 g/mol. The van der Waals surface area contributed by atoms with Crippen LogP contribution in [0.15, 0.2) is 162 Å². The summed E-state index contributed by atoms with van der Waals surface area (Å²) in [6, 6.07) is 56.6. The van der Waals surface area contributed by atoms with Crippen molar-refractivity contribution in [1.29, 1.82) is 0 Å². The summed E-state index contributed by atoms with van der Waals surface area (Å²) in [6.45, 7) is 0. The summed E-state index contributed by atoms with van der Waals surface area (Å²) in [5.41, 5.74) is 11.1. The summed E-state index contributed by atoms with van der Waals surface area (Å²) in [6.07, 6.45) is 0. The highest BCUT2D eigenvalue weighted by Gasteiger charge is 2.28. The van der Waals surface area contributed by atoms with E-state index in [1.54, 1.807) is 0 Å². The highest BCUT2D eigenvalue weighted by atomic mass is 16.3. The monoisotopic (exact) mass is 698 g/mol. The van der Waals surface area contributed by atoms with Crippen LogP contribution in [0, 0.1) is 0 Å². The van der Waals surface area contributed by atoms with Crippen molar-refractivity contribution in [2.24, 2.45) is 0 Å². The van der Waals surface area contributed by atoms with Crippen molar-refractivity contribution >= 4 is 114 Å². The topological polar surface area (TPSA) is 48.3 Å². The van der Waals surface area contributed by atoms with Crippen LogP contribution in [0.25, 0.3) is 131 Å². The lowest BCUT2D eigenvalue weighted by Crippen LogP contribution is -2.04. The maximum Gasteiger partial charge on any atom is 0.165 e. The fraction of sp³-hybridized carbons (Fsp3) is 0. The van der Waals surface area contributed by atoms with Gasteiger partial charge < -0.3 is 8.82 Å². The van der Waals surface area contributed by atoms with Gasteiger partial charge in [-0.1, -0.05) is 109 Å². The molecular weight excluding hydrogens is 673 g/mol. The molecule has 0 atom stereocenters. The molecule has 0 saturated carbocycles. The predicted molar refractivity (Wildman–Crippen MR) is 227 cm³/mol. The van der Waals surface area contributed by atoms with Crippen molar-refractivity contribution in [2.75, 3.05) is 0 Å². The minimum absolute atomic E-state index is 0.803. The van der Waals surface area contributed by atoms with E-state index in [9.17, 15) is 0 Å². The standard InChI is InChI=1S/C50H26N4O/c1-3-11-29-27(9-1)19-21-32-31(29)14-7-15-34(32)48-50(52-47-30-12-4-2-10-28(30)20-23-36(47)51-48)54-39-18-8-17-38-43(39)44-40(54)24-26-41-45(44)46-42(55-41)25-22-35-33-13-5-6-16-37(33)53(38)49(35)46/h1-26H. The van der Waals surface area contributed by atoms with E-state index >= 15 is 0 Å². The fourth-order valence-electron chi connectivity index (χ4n) is 9.96. The lowest BCUT2D eigenvalue weighted by atomic mass is 9.96. The molecule has 0 radical (unpaired) electrons. The zero-order chi connectivity index (χ0) is 35.5. The first-order valence-corrected chi connectivity index (χ1v) is 18.8. The molecule has 9 aromatic carbocycles. The van der Waals surface area contributed by atoms with Gasteiger partial charge in [-0.05, 0) is 75.5 Å². The minimum Gasteiger partial charge on any atom is -0.456 e. The molecule has 0 aliphatic carbocycles. The molecular formula is C50H26N4O. The van der Waals surface area contributed by atoms with E-state index < -0.39 is 0 Å². The molecule has 0 spiro atoms. The minimum atomic E-state index is 0.803. The number of hydrogen-bond acceptors (Lipinski definition) is 3. The number of benzene rings is 9. The molecule has 0 fully saturated rings. The van der Waals surface area contributed by atoms with Gasteiger partial charge in [-0.3, -0.25) is 4.57 Å². The van der Waals surface area contributed by atoms with Crippen molar-refractivity contribution in [3.05, 3.63) is 158 Å². The number of rotatable bonds is 2. The Kier molecular flexibility index (Phi) is 4.96. The second kappa shape index (κ2) is 9.72. The zero-order valence-corrected chi connectivity index (χ0v) is 29.2.